The SMILES string of the molecule is CCN(CC(=O)NC(C)C)c1ccc(N)cc1C(F)(F)F. The van der Waals surface area contributed by atoms with Gasteiger partial charge in [0.15, 0.2) is 0 Å². The standard InChI is InChI=1S/C14H20F3N3O/c1-4-20(8-13(21)19-9(2)3)12-6-5-10(18)7-11(12)14(15,16)17/h5-7,9H,4,8,18H2,1-3H3,(H,19,21). The third-order valence-corrected chi connectivity index (χ3v) is 2.83. The maximum absolute atomic E-state index is 13.1. The normalized spacial score (nSPS) is 11.6. The average Bonchev–Trinajstić information content (AvgIpc) is 2.34. The van der Waals surface area contributed by atoms with Gasteiger partial charge in [0.2, 0.25) is 5.91 Å². The Morgan fingerprint density at radius 2 is 2.00 bits per heavy atom. The number of anilines is 2. The van der Waals surface area contributed by atoms with Crippen LogP contribution in [0.15, 0.2) is 18.2 Å². The Hall–Kier alpha value is -1.92. The lowest BCUT2D eigenvalue weighted by atomic mass is 10.1. The fraction of sp³-hybridized carbons (Fsp3) is 0.500. The molecule has 21 heavy (non-hydrogen) atoms. The highest BCUT2D eigenvalue weighted by Gasteiger charge is 2.35. The molecule has 0 radical (unpaired) electrons. The molecule has 4 nitrogen and oxygen atoms in total. The van der Waals surface area contributed by atoms with Crippen molar-refractivity contribution >= 4 is 17.3 Å². The van der Waals surface area contributed by atoms with Crippen LogP contribution in [0.25, 0.3) is 0 Å². The maximum atomic E-state index is 13.1. The summed E-state index contributed by atoms with van der Waals surface area (Å²) >= 11 is 0. The van der Waals surface area contributed by atoms with E-state index in [2.05, 4.69) is 5.32 Å². The maximum Gasteiger partial charge on any atom is 0.418 e. The van der Waals surface area contributed by atoms with Gasteiger partial charge >= 0.3 is 6.18 Å². The smallest absolute Gasteiger partial charge is 0.399 e. The third-order valence-electron chi connectivity index (χ3n) is 2.83. The number of nitrogen functional groups attached to an aromatic ring is 1. The zero-order chi connectivity index (χ0) is 16.2. The van der Waals surface area contributed by atoms with E-state index in [0.717, 1.165) is 6.07 Å². The van der Waals surface area contributed by atoms with E-state index in [1.165, 1.54) is 17.0 Å². The monoisotopic (exact) mass is 303 g/mol. The van der Waals surface area contributed by atoms with Crippen molar-refractivity contribution in [2.75, 3.05) is 23.7 Å². The lowest BCUT2D eigenvalue weighted by molar-refractivity contribution is -0.137. The van der Waals surface area contributed by atoms with Crippen LogP contribution in [0.4, 0.5) is 24.5 Å². The molecule has 0 atom stereocenters. The summed E-state index contributed by atoms with van der Waals surface area (Å²) < 4.78 is 39.3. The molecule has 1 aromatic carbocycles. The van der Waals surface area contributed by atoms with E-state index in [1.807, 2.05) is 0 Å². The van der Waals surface area contributed by atoms with Gasteiger partial charge < -0.3 is 16.0 Å². The van der Waals surface area contributed by atoms with Gasteiger partial charge in [-0.3, -0.25) is 4.79 Å². The number of hydrogen-bond acceptors (Lipinski definition) is 3. The van der Waals surface area contributed by atoms with E-state index >= 15 is 0 Å². The van der Waals surface area contributed by atoms with Gasteiger partial charge in [-0.15, -0.1) is 0 Å². The number of alkyl halides is 3. The Morgan fingerprint density at radius 1 is 1.38 bits per heavy atom. The Kier molecular flexibility index (Phi) is 5.46. The third kappa shape index (κ3) is 4.84. The molecule has 1 aromatic rings. The van der Waals surface area contributed by atoms with E-state index in [4.69, 9.17) is 5.73 Å². The van der Waals surface area contributed by atoms with Crippen molar-refractivity contribution in [3.8, 4) is 0 Å². The van der Waals surface area contributed by atoms with Crippen LogP contribution in [-0.4, -0.2) is 25.0 Å². The molecule has 0 spiro atoms. The number of halogens is 3. The van der Waals surface area contributed by atoms with E-state index < -0.39 is 11.7 Å². The topological polar surface area (TPSA) is 58.4 Å². The van der Waals surface area contributed by atoms with Crippen LogP contribution in [-0.2, 0) is 11.0 Å². The lowest BCUT2D eigenvalue weighted by Gasteiger charge is -2.26. The second-order valence-corrected chi connectivity index (χ2v) is 5.01. The molecule has 0 saturated heterocycles. The minimum atomic E-state index is -4.52. The highest BCUT2D eigenvalue weighted by atomic mass is 19.4. The molecule has 7 heteroatoms. The molecule has 0 aliphatic heterocycles. The molecule has 0 unspecified atom stereocenters. The number of amides is 1. The van der Waals surface area contributed by atoms with Gasteiger partial charge in [-0.25, -0.2) is 0 Å². The van der Waals surface area contributed by atoms with Gasteiger partial charge in [-0.1, -0.05) is 0 Å². The molecular formula is C14H20F3N3O. The van der Waals surface area contributed by atoms with Gasteiger partial charge in [0.25, 0.3) is 0 Å². The van der Waals surface area contributed by atoms with Gasteiger partial charge in [0.1, 0.15) is 0 Å². The molecule has 1 amide bonds. The predicted molar refractivity (Wildman–Crippen MR) is 77.0 cm³/mol. The Balaban J connectivity index is 3.08. The number of rotatable bonds is 5. The predicted octanol–water partition coefficient (Wildman–Crippen LogP) is 2.64. The Labute approximate surface area is 122 Å². The summed E-state index contributed by atoms with van der Waals surface area (Å²) in [6.07, 6.45) is -4.52. The summed E-state index contributed by atoms with van der Waals surface area (Å²) in [5, 5.41) is 2.66. The quantitative estimate of drug-likeness (QED) is 0.822. The number of likely N-dealkylation sites (N-methyl/N-ethyl adjacent to an activating group) is 1. The summed E-state index contributed by atoms with van der Waals surface area (Å²) in [5.74, 6) is -0.322. The van der Waals surface area contributed by atoms with Crippen molar-refractivity contribution < 1.29 is 18.0 Å². The van der Waals surface area contributed by atoms with Crippen LogP contribution in [0.3, 0.4) is 0 Å². The van der Waals surface area contributed by atoms with Gasteiger partial charge in [-0.2, -0.15) is 13.2 Å². The van der Waals surface area contributed by atoms with Crippen molar-refractivity contribution in [3.63, 3.8) is 0 Å². The number of carbonyl (C=O) groups is 1. The molecule has 3 N–H and O–H groups in total. The molecule has 0 aromatic heterocycles. The van der Waals surface area contributed by atoms with Crippen LogP contribution in [0.1, 0.15) is 26.3 Å². The number of benzene rings is 1. The Morgan fingerprint density at radius 3 is 2.48 bits per heavy atom. The highest BCUT2D eigenvalue weighted by molar-refractivity contribution is 5.82. The fourth-order valence-electron chi connectivity index (χ4n) is 1.96. The first-order chi connectivity index (χ1) is 9.65. The molecular weight excluding hydrogens is 283 g/mol. The van der Waals surface area contributed by atoms with Crippen molar-refractivity contribution in [1.29, 1.82) is 0 Å². The van der Waals surface area contributed by atoms with Crippen LogP contribution in [0.5, 0.6) is 0 Å². The first-order valence-corrected chi connectivity index (χ1v) is 6.66. The summed E-state index contributed by atoms with van der Waals surface area (Å²) in [5.41, 5.74) is 4.60. The minimum Gasteiger partial charge on any atom is -0.399 e. The molecule has 0 aliphatic carbocycles. The van der Waals surface area contributed by atoms with Crippen molar-refractivity contribution in [2.24, 2.45) is 0 Å². The first kappa shape index (κ1) is 17.1. The molecule has 0 aliphatic rings. The van der Waals surface area contributed by atoms with Crippen molar-refractivity contribution in [1.82, 2.24) is 5.32 Å². The van der Waals surface area contributed by atoms with E-state index in [-0.39, 0.29) is 36.4 Å². The van der Waals surface area contributed by atoms with Crippen LogP contribution < -0.4 is 16.0 Å². The van der Waals surface area contributed by atoms with Crippen LogP contribution >= 0.6 is 0 Å². The van der Waals surface area contributed by atoms with E-state index in [1.54, 1.807) is 20.8 Å². The summed E-state index contributed by atoms with van der Waals surface area (Å²) in [6, 6.07) is 3.51. The second kappa shape index (κ2) is 6.69. The number of nitrogens with two attached hydrogens (primary N) is 1. The molecule has 118 valence electrons. The Bertz CT molecular complexity index is 501. The summed E-state index contributed by atoms with van der Waals surface area (Å²) in [6.45, 7) is 5.41. The van der Waals surface area contributed by atoms with Crippen LogP contribution in [0, 0.1) is 0 Å². The van der Waals surface area contributed by atoms with Crippen molar-refractivity contribution in [3.05, 3.63) is 23.8 Å². The number of hydrogen-bond donors (Lipinski definition) is 2. The molecule has 1 rings (SSSR count). The zero-order valence-corrected chi connectivity index (χ0v) is 12.3. The number of nitrogens with zero attached hydrogens (tertiary/aromatic N) is 1. The molecule has 0 fully saturated rings. The molecule has 0 bridgehead atoms. The summed E-state index contributed by atoms with van der Waals surface area (Å²) in [7, 11) is 0. The molecule has 0 saturated carbocycles. The lowest BCUT2D eigenvalue weighted by Crippen LogP contribution is -2.40. The van der Waals surface area contributed by atoms with E-state index in [9.17, 15) is 18.0 Å². The second-order valence-electron chi connectivity index (χ2n) is 5.01. The average molecular weight is 303 g/mol. The van der Waals surface area contributed by atoms with Gasteiger partial charge in [0.05, 0.1) is 12.1 Å². The first-order valence-electron chi connectivity index (χ1n) is 6.66. The van der Waals surface area contributed by atoms with Gasteiger partial charge in [0, 0.05) is 24.0 Å². The summed E-state index contributed by atoms with van der Waals surface area (Å²) in [4.78, 5) is 13.1. The fourth-order valence-corrected chi connectivity index (χ4v) is 1.96. The number of carbonyl (C=O) groups excluding carboxylic acids is 1. The van der Waals surface area contributed by atoms with Crippen LogP contribution in [0.2, 0.25) is 0 Å². The minimum absolute atomic E-state index is 0.0359. The number of nitrogens with one attached hydrogen (secondary N) is 1. The largest absolute Gasteiger partial charge is 0.418 e. The van der Waals surface area contributed by atoms with Crippen molar-refractivity contribution in [2.45, 2.75) is 33.0 Å². The van der Waals surface area contributed by atoms with Gasteiger partial charge in [-0.05, 0) is 39.0 Å². The zero-order valence-electron chi connectivity index (χ0n) is 12.3. The molecule has 0 heterocycles. The van der Waals surface area contributed by atoms with E-state index in [0.29, 0.717) is 0 Å². The highest BCUT2D eigenvalue weighted by Crippen LogP contribution is 2.37.